The van der Waals surface area contributed by atoms with Crippen molar-refractivity contribution in [2.75, 3.05) is 33.9 Å². The van der Waals surface area contributed by atoms with Gasteiger partial charge in [0.25, 0.3) is 0 Å². The summed E-state index contributed by atoms with van der Waals surface area (Å²) in [5.74, 6) is 0. The fourth-order valence-electron chi connectivity index (χ4n) is 2.19. The standard InChI is InChI=1S/C13H26N4O3S/c1-11-13(21(18,19)15-8-6-10-20-4)12(2)17(16-11)9-5-7-14-3/h14-15H,5-10H2,1-4H3. The van der Waals surface area contributed by atoms with Gasteiger partial charge in [0.15, 0.2) is 0 Å². The highest BCUT2D eigenvalue weighted by Crippen LogP contribution is 2.19. The predicted molar refractivity (Wildman–Crippen MR) is 81.9 cm³/mol. The first kappa shape index (κ1) is 18.1. The van der Waals surface area contributed by atoms with Crippen LogP contribution in [0.25, 0.3) is 0 Å². The van der Waals surface area contributed by atoms with E-state index < -0.39 is 10.0 Å². The van der Waals surface area contributed by atoms with Crippen LogP contribution in [-0.4, -0.2) is 52.1 Å². The van der Waals surface area contributed by atoms with Crippen molar-refractivity contribution in [1.29, 1.82) is 0 Å². The molecule has 0 saturated carbocycles. The molecule has 0 radical (unpaired) electrons. The van der Waals surface area contributed by atoms with Crippen LogP contribution in [0.4, 0.5) is 0 Å². The van der Waals surface area contributed by atoms with E-state index in [4.69, 9.17) is 4.74 Å². The molecule has 0 saturated heterocycles. The Labute approximate surface area is 127 Å². The summed E-state index contributed by atoms with van der Waals surface area (Å²) < 4.78 is 34.0. The Hall–Kier alpha value is -0.960. The number of rotatable bonds is 10. The summed E-state index contributed by atoms with van der Waals surface area (Å²) in [6.07, 6.45) is 1.54. The van der Waals surface area contributed by atoms with Gasteiger partial charge in [-0.3, -0.25) is 4.68 Å². The lowest BCUT2D eigenvalue weighted by atomic mass is 10.4. The molecule has 0 fully saturated rings. The minimum atomic E-state index is -3.52. The number of hydrogen-bond donors (Lipinski definition) is 2. The van der Waals surface area contributed by atoms with Gasteiger partial charge in [0.1, 0.15) is 4.90 Å². The summed E-state index contributed by atoms with van der Waals surface area (Å²) in [6.45, 7) is 5.99. The number of nitrogens with zero attached hydrogens (tertiary/aromatic N) is 2. The van der Waals surface area contributed by atoms with E-state index in [-0.39, 0.29) is 0 Å². The molecule has 0 aliphatic rings. The molecule has 8 heteroatoms. The summed E-state index contributed by atoms with van der Waals surface area (Å²) in [5, 5.41) is 7.40. The highest BCUT2D eigenvalue weighted by atomic mass is 32.2. The molecule has 1 rings (SSSR count). The molecule has 0 unspecified atom stereocenters. The van der Waals surface area contributed by atoms with E-state index in [0.717, 1.165) is 13.0 Å². The number of aromatic nitrogens is 2. The first-order valence-corrected chi connectivity index (χ1v) is 8.59. The Morgan fingerprint density at radius 3 is 2.57 bits per heavy atom. The Kier molecular flexibility index (Phi) is 7.30. The molecule has 1 aromatic rings. The fourth-order valence-corrected chi connectivity index (χ4v) is 3.67. The Balaban J connectivity index is 2.81. The van der Waals surface area contributed by atoms with Crippen molar-refractivity contribution in [2.24, 2.45) is 0 Å². The smallest absolute Gasteiger partial charge is 0.244 e. The lowest BCUT2D eigenvalue weighted by Gasteiger charge is -2.08. The molecule has 0 aromatic carbocycles. The summed E-state index contributed by atoms with van der Waals surface area (Å²) in [5.41, 5.74) is 1.22. The number of methoxy groups -OCH3 is 1. The van der Waals surface area contributed by atoms with Crippen LogP contribution in [0.2, 0.25) is 0 Å². The molecule has 7 nitrogen and oxygen atoms in total. The van der Waals surface area contributed by atoms with Gasteiger partial charge in [0.05, 0.1) is 11.4 Å². The molecule has 1 aromatic heterocycles. The summed E-state index contributed by atoms with van der Waals surface area (Å²) in [4.78, 5) is 0.296. The zero-order valence-electron chi connectivity index (χ0n) is 13.3. The summed E-state index contributed by atoms with van der Waals surface area (Å²) in [6, 6.07) is 0. The molecule has 122 valence electrons. The van der Waals surface area contributed by atoms with Crippen molar-refractivity contribution in [3.05, 3.63) is 11.4 Å². The van der Waals surface area contributed by atoms with Crippen LogP contribution in [0.15, 0.2) is 4.90 Å². The van der Waals surface area contributed by atoms with Gasteiger partial charge in [-0.25, -0.2) is 13.1 Å². The third-order valence-electron chi connectivity index (χ3n) is 3.20. The monoisotopic (exact) mass is 318 g/mol. The topological polar surface area (TPSA) is 85.2 Å². The molecule has 0 aliphatic heterocycles. The van der Waals surface area contributed by atoms with Crippen molar-refractivity contribution >= 4 is 10.0 Å². The second-order valence-corrected chi connectivity index (χ2v) is 6.63. The van der Waals surface area contributed by atoms with Gasteiger partial charge in [-0.2, -0.15) is 5.10 Å². The van der Waals surface area contributed by atoms with Gasteiger partial charge in [-0.15, -0.1) is 0 Å². The van der Waals surface area contributed by atoms with Crippen molar-refractivity contribution in [2.45, 2.75) is 38.1 Å². The van der Waals surface area contributed by atoms with Crippen molar-refractivity contribution in [3.8, 4) is 0 Å². The predicted octanol–water partition coefficient (Wildman–Crippen LogP) is 0.424. The number of sulfonamides is 1. The Morgan fingerprint density at radius 2 is 1.95 bits per heavy atom. The molecule has 21 heavy (non-hydrogen) atoms. The maximum atomic E-state index is 12.4. The van der Waals surface area contributed by atoms with Gasteiger partial charge in [0, 0.05) is 26.8 Å². The summed E-state index contributed by atoms with van der Waals surface area (Å²) in [7, 11) is -0.0312. The SMILES string of the molecule is CNCCCn1nc(C)c(S(=O)(=O)NCCCOC)c1C. The molecule has 2 N–H and O–H groups in total. The summed E-state index contributed by atoms with van der Waals surface area (Å²) >= 11 is 0. The van der Waals surface area contributed by atoms with Crippen molar-refractivity contribution < 1.29 is 13.2 Å². The van der Waals surface area contributed by atoms with Crippen LogP contribution >= 0.6 is 0 Å². The van der Waals surface area contributed by atoms with Gasteiger partial charge < -0.3 is 10.1 Å². The second kappa shape index (κ2) is 8.47. The molecular weight excluding hydrogens is 292 g/mol. The quantitative estimate of drug-likeness (QED) is 0.611. The van der Waals surface area contributed by atoms with Crippen LogP contribution in [0, 0.1) is 13.8 Å². The highest BCUT2D eigenvalue weighted by molar-refractivity contribution is 7.89. The average molecular weight is 318 g/mol. The molecule has 0 spiro atoms. The number of nitrogens with one attached hydrogen (secondary N) is 2. The molecule has 0 atom stereocenters. The normalized spacial score (nSPS) is 12.0. The Bertz CT molecular complexity index is 540. The van der Waals surface area contributed by atoms with Gasteiger partial charge in [-0.1, -0.05) is 0 Å². The lowest BCUT2D eigenvalue weighted by molar-refractivity contribution is 0.196. The van der Waals surface area contributed by atoms with E-state index in [2.05, 4.69) is 15.1 Å². The van der Waals surface area contributed by atoms with Crippen LogP contribution in [0.5, 0.6) is 0 Å². The van der Waals surface area contributed by atoms with E-state index in [1.165, 1.54) is 0 Å². The third kappa shape index (κ3) is 5.06. The minimum Gasteiger partial charge on any atom is -0.385 e. The molecule has 0 aliphatic carbocycles. The zero-order chi connectivity index (χ0) is 15.9. The van der Waals surface area contributed by atoms with E-state index in [1.807, 2.05) is 7.05 Å². The van der Waals surface area contributed by atoms with Crippen LogP contribution in [0.3, 0.4) is 0 Å². The number of hydrogen-bond acceptors (Lipinski definition) is 5. The van der Waals surface area contributed by atoms with E-state index in [0.29, 0.717) is 42.4 Å². The zero-order valence-corrected chi connectivity index (χ0v) is 14.1. The minimum absolute atomic E-state index is 0.296. The third-order valence-corrected chi connectivity index (χ3v) is 4.91. The fraction of sp³-hybridized carbons (Fsp3) is 0.769. The van der Waals surface area contributed by atoms with Crippen LogP contribution in [-0.2, 0) is 21.3 Å². The largest absolute Gasteiger partial charge is 0.385 e. The second-order valence-electron chi connectivity index (χ2n) is 4.92. The van der Waals surface area contributed by atoms with E-state index >= 15 is 0 Å². The van der Waals surface area contributed by atoms with E-state index in [1.54, 1.807) is 25.6 Å². The van der Waals surface area contributed by atoms with Crippen molar-refractivity contribution in [1.82, 2.24) is 19.8 Å². The van der Waals surface area contributed by atoms with E-state index in [9.17, 15) is 8.42 Å². The number of aryl methyl sites for hydroxylation is 2. The highest BCUT2D eigenvalue weighted by Gasteiger charge is 2.23. The lowest BCUT2D eigenvalue weighted by Crippen LogP contribution is -2.26. The molecular formula is C13H26N4O3S. The molecule has 0 amide bonds. The maximum Gasteiger partial charge on any atom is 0.244 e. The van der Waals surface area contributed by atoms with Crippen molar-refractivity contribution in [3.63, 3.8) is 0 Å². The van der Waals surface area contributed by atoms with Crippen LogP contribution in [0.1, 0.15) is 24.2 Å². The van der Waals surface area contributed by atoms with Gasteiger partial charge >= 0.3 is 0 Å². The maximum absolute atomic E-state index is 12.4. The van der Waals surface area contributed by atoms with Gasteiger partial charge in [0.2, 0.25) is 10.0 Å². The molecule has 0 bridgehead atoms. The first-order valence-electron chi connectivity index (χ1n) is 7.11. The average Bonchev–Trinajstić information content (AvgIpc) is 2.70. The number of ether oxygens (including phenoxy) is 1. The van der Waals surface area contributed by atoms with Crippen LogP contribution < -0.4 is 10.0 Å². The Morgan fingerprint density at radius 1 is 1.24 bits per heavy atom. The van der Waals surface area contributed by atoms with Gasteiger partial charge in [-0.05, 0) is 40.3 Å². The molecule has 1 heterocycles. The first-order chi connectivity index (χ1) is 9.94.